The number of alkyl halides is 3. The van der Waals surface area contributed by atoms with Crippen LogP contribution in [0.5, 0.6) is 5.75 Å². The smallest absolute Gasteiger partial charge is 0.406 e. The molecule has 5 nitrogen and oxygen atoms in total. The van der Waals surface area contributed by atoms with Crippen molar-refractivity contribution in [1.29, 1.82) is 0 Å². The van der Waals surface area contributed by atoms with E-state index in [1.807, 2.05) is 32.2 Å². The highest BCUT2D eigenvalue weighted by Gasteiger charge is 2.39. The zero-order chi connectivity index (χ0) is 21.5. The molecule has 0 bridgehead atoms. The number of likely N-dealkylation sites (tertiary alicyclic amines) is 1. The third-order valence-electron chi connectivity index (χ3n) is 5.68. The fourth-order valence-corrected chi connectivity index (χ4v) is 4.31. The number of benzene rings is 1. The minimum atomic E-state index is -4.76. The maximum absolute atomic E-state index is 13.1. The average Bonchev–Trinajstić information content (AvgIpc) is 3.10. The Labute approximate surface area is 171 Å². The number of aromatic amines is 1. The van der Waals surface area contributed by atoms with Crippen LogP contribution in [0.25, 0.3) is 11.0 Å². The van der Waals surface area contributed by atoms with Crippen molar-refractivity contribution in [3.8, 4) is 5.75 Å². The Balaban J connectivity index is 1.50. The van der Waals surface area contributed by atoms with E-state index in [0.29, 0.717) is 12.1 Å². The molecule has 2 aromatic heterocycles. The number of pyridine rings is 1. The van der Waals surface area contributed by atoms with Crippen LogP contribution in [-0.4, -0.2) is 39.2 Å². The number of amides is 1. The number of halogens is 3. The molecule has 0 radical (unpaired) electrons. The van der Waals surface area contributed by atoms with Gasteiger partial charge in [-0.3, -0.25) is 4.79 Å². The molecule has 30 heavy (non-hydrogen) atoms. The number of hydrogen-bond acceptors (Lipinski definition) is 3. The second-order valence-corrected chi connectivity index (χ2v) is 8.17. The first-order valence-corrected chi connectivity index (χ1v) is 9.74. The molecule has 0 aliphatic carbocycles. The van der Waals surface area contributed by atoms with Crippen molar-refractivity contribution in [3.63, 3.8) is 0 Å². The number of nitrogens with zero attached hydrogens (tertiary/aromatic N) is 2. The van der Waals surface area contributed by atoms with E-state index in [1.165, 1.54) is 29.8 Å². The summed E-state index contributed by atoms with van der Waals surface area (Å²) in [6.07, 6.45) is 0.559. The summed E-state index contributed by atoms with van der Waals surface area (Å²) in [5, 5.41) is 1.10. The predicted molar refractivity (Wildman–Crippen MR) is 106 cm³/mol. The molecule has 0 saturated carbocycles. The lowest BCUT2D eigenvalue weighted by Gasteiger charge is -2.45. The van der Waals surface area contributed by atoms with Crippen LogP contribution >= 0.6 is 0 Å². The molecule has 3 aromatic rings. The van der Waals surface area contributed by atoms with E-state index >= 15 is 0 Å². The Hall–Kier alpha value is -3.03. The minimum Gasteiger partial charge on any atom is -0.406 e. The first-order valence-electron chi connectivity index (χ1n) is 9.74. The van der Waals surface area contributed by atoms with Gasteiger partial charge in [0.2, 0.25) is 0 Å². The molecule has 1 fully saturated rings. The van der Waals surface area contributed by atoms with Crippen LogP contribution in [0.3, 0.4) is 0 Å². The van der Waals surface area contributed by atoms with E-state index in [0.717, 1.165) is 23.9 Å². The molecule has 1 aromatic carbocycles. The van der Waals surface area contributed by atoms with Crippen LogP contribution in [0.1, 0.15) is 48.5 Å². The van der Waals surface area contributed by atoms with Crippen LogP contribution in [0.4, 0.5) is 13.2 Å². The molecule has 4 rings (SSSR count). The van der Waals surface area contributed by atoms with E-state index in [1.54, 1.807) is 11.1 Å². The predicted octanol–water partition coefficient (Wildman–Crippen LogP) is 5.26. The van der Waals surface area contributed by atoms with Gasteiger partial charge in [-0.1, -0.05) is 0 Å². The quantitative estimate of drug-likeness (QED) is 0.632. The van der Waals surface area contributed by atoms with Gasteiger partial charge in [-0.15, -0.1) is 13.2 Å². The van der Waals surface area contributed by atoms with Crippen molar-refractivity contribution in [2.24, 2.45) is 0 Å². The summed E-state index contributed by atoms with van der Waals surface area (Å²) in [5.74, 6) is -0.257. The van der Waals surface area contributed by atoms with Crippen LogP contribution in [0.15, 0.2) is 48.8 Å². The van der Waals surface area contributed by atoms with Crippen LogP contribution in [-0.2, 0) is 0 Å². The highest BCUT2D eigenvalue weighted by atomic mass is 19.4. The fraction of sp³-hybridized carbons (Fsp3) is 0.364. The molecule has 158 valence electrons. The van der Waals surface area contributed by atoms with Gasteiger partial charge in [0, 0.05) is 35.4 Å². The Bertz CT molecular complexity index is 1060. The van der Waals surface area contributed by atoms with Gasteiger partial charge in [0.05, 0.1) is 0 Å². The lowest BCUT2D eigenvalue weighted by Crippen LogP contribution is -2.52. The lowest BCUT2D eigenvalue weighted by molar-refractivity contribution is -0.274. The summed E-state index contributed by atoms with van der Waals surface area (Å²) in [6, 6.07) is 9.03. The maximum atomic E-state index is 13.1. The number of H-pyrrole nitrogens is 1. The molecular weight excluding hydrogens is 395 g/mol. The van der Waals surface area contributed by atoms with Crippen molar-refractivity contribution in [2.75, 3.05) is 6.54 Å². The van der Waals surface area contributed by atoms with E-state index < -0.39 is 11.9 Å². The molecule has 1 amide bonds. The third kappa shape index (κ3) is 3.99. The number of ether oxygens (including phenoxy) is 1. The van der Waals surface area contributed by atoms with E-state index in [-0.39, 0.29) is 17.6 Å². The van der Waals surface area contributed by atoms with Gasteiger partial charge in [-0.25, -0.2) is 4.98 Å². The van der Waals surface area contributed by atoms with Crippen molar-refractivity contribution in [3.05, 3.63) is 59.9 Å². The maximum Gasteiger partial charge on any atom is 0.573 e. The molecule has 1 aliphatic rings. The highest BCUT2D eigenvalue weighted by molar-refractivity contribution is 5.95. The summed E-state index contributed by atoms with van der Waals surface area (Å²) in [7, 11) is 0. The van der Waals surface area contributed by atoms with Gasteiger partial charge in [0.1, 0.15) is 11.4 Å². The topological polar surface area (TPSA) is 58.2 Å². The Morgan fingerprint density at radius 1 is 1.23 bits per heavy atom. The van der Waals surface area contributed by atoms with Gasteiger partial charge >= 0.3 is 6.36 Å². The summed E-state index contributed by atoms with van der Waals surface area (Å²) in [6.45, 7) is 4.60. The Morgan fingerprint density at radius 3 is 2.63 bits per heavy atom. The van der Waals surface area contributed by atoms with Crippen molar-refractivity contribution >= 4 is 16.9 Å². The Kier molecular flexibility index (Phi) is 4.95. The minimum absolute atomic E-state index is 0.197. The van der Waals surface area contributed by atoms with E-state index in [2.05, 4.69) is 14.7 Å². The van der Waals surface area contributed by atoms with Crippen LogP contribution < -0.4 is 4.74 Å². The number of fused-ring (bicyclic) bond motifs is 1. The number of nitrogens with one attached hydrogen (secondary N) is 1. The number of piperidine rings is 1. The average molecular weight is 417 g/mol. The number of hydrogen-bond donors (Lipinski definition) is 1. The molecule has 1 atom stereocenters. The zero-order valence-electron chi connectivity index (χ0n) is 16.7. The molecule has 3 heterocycles. The zero-order valence-corrected chi connectivity index (χ0v) is 16.7. The monoisotopic (exact) mass is 417 g/mol. The number of rotatable bonds is 3. The first kappa shape index (κ1) is 20.3. The molecular formula is C22H22F3N3O2. The summed E-state index contributed by atoms with van der Waals surface area (Å²) < 4.78 is 40.9. The van der Waals surface area contributed by atoms with Gasteiger partial charge in [-0.2, -0.15) is 0 Å². The summed E-state index contributed by atoms with van der Waals surface area (Å²) in [5.41, 5.74) is 1.98. The number of carbonyl (C=O) groups is 1. The second-order valence-electron chi connectivity index (χ2n) is 8.17. The molecule has 1 unspecified atom stereocenters. The molecule has 1 N–H and O–H groups in total. The molecule has 1 saturated heterocycles. The molecule has 1 aliphatic heterocycles. The normalized spacial score (nSPS) is 19.1. The largest absolute Gasteiger partial charge is 0.573 e. The van der Waals surface area contributed by atoms with Gasteiger partial charge in [-0.05, 0) is 74.6 Å². The SMILES string of the molecule is CC1(C)CC(c2c[nH]c3ncccc23)CCN1C(=O)c1ccc(OC(F)(F)F)cc1. The highest BCUT2D eigenvalue weighted by Crippen LogP contribution is 2.40. The fourth-order valence-electron chi connectivity index (χ4n) is 4.31. The summed E-state index contributed by atoms with van der Waals surface area (Å²) in [4.78, 5) is 22.4. The third-order valence-corrected chi connectivity index (χ3v) is 5.68. The van der Waals surface area contributed by atoms with Crippen molar-refractivity contribution < 1.29 is 22.7 Å². The van der Waals surface area contributed by atoms with Crippen LogP contribution in [0.2, 0.25) is 0 Å². The molecule has 8 heteroatoms. The van der Waals surface area contributed by atoms with E-state index in [9.17, 15) is 18.0 Å². The van der Waals surface area contributed by atoms with Gasteiger partial charge in [0.25, 0.3) is 5.91 Å². The lowest BCUT2D eigenvalue weighted by atomic mass is 9.79. The molecule has 0 spiro atoms. The number of carbonyl (C=O) groups excluding carboxylic acids is 1. The standard InChI is InChI=1S/C22H22F3N3O2/c1-21(2)12-15(18-13-27-19-17(18)4-3-10-26-19)9-11-28(21)20(29)14-5-7-16(8-6-14)30-22(23,24)25/h3-8,10,13,15H,9,11-12H2,1-2H3,(H,26,27). The number of aromatic nitrogens is 2. The van der Waals surface area contributed by atoms with Crippen molar-refractivity contribution in [2.45, 2.75) is 44.5 Å². The van der Waals surface area contributed by atoms with E-state index in [4.69, 9.17) is 0 Å². The van der Waals surface area contributed by atoms with Gasteiger partial charge in [0.15, 0.2) is 0 Å². The second kappa shape index (κ2) is 7.34. The van der Waals surface area contributed by atoms with Crippen molar-refractivity contribution in [1.82, 2.24) is 14.9 Å². The van der Waals surface area contributed by atoms with Crippen LogP contribution in [0, 0.1) is 0 Å². The first-order chi connectivity index (χ1) is 14.1. The van der Waals surface area contributed by atoms with Gasteiger partial charge < -0.3 is 14.6 Å². The summed E-state index contributed by atoms with van der Waals surface area (Å²) >= 11 is 0. The Morgan fingerprint density at radius 2 is 1.97 bits per heavy atom.